The lowest BCUT2D eigenvalue weighted by atomic mass is 9.90. The van der Waals surface area contributed by atoms with E-state index in [-0.39, 0.29) is 11.5 Å². The van der Waals surface area contributed by atoms with E-state index < -0.39 is 5.54 Å². The fourth-order valence-corrected chi connectivity index (χ4v) is 2.59. The van der Waals surface area contributed by atoms with E-state index in [9.17, 15) is 15.2 Å². The molecular formula is C16H33NO3. The zero-order valence-electron chi connectivity index (χ0n) is 13.4. The Morgan fingerprint density at radius 2 is 1.35 bits per heavy atom. The second kappa shape index (κ2) is 12.1. The van der Waals surface area contributed by atoms with Crippen LogP contribution in [0.2, 0.25) is 0 Å². The SMILES string of the molecule is CCCCCCCCCCCCC(CC)(CO)[N+](=O)[O-]. The van der Waals surface area contributed by atoms with Crippen molar-refractivity contribution in [2.75, 3.05) is 6.61 Å². The van der Waals surface area contributed by atoms with Gasteiger partial charge in [0.15, 0.2) is 0 Å². The van der Waals surface area contributed by atoms with Gasteiger partial charge in [0, 0.05) is 17.8 Å². The van der Waals surface area contributed by atoms with Crippen LogP contribution in [0.3, 0.4) is 0 Å². The van der Waals surface area contributed by atoms with Crippen molar-refractivity contribution >= 4 is 0 Å². The Kier molecular flexibility index (Phi) is 11.7. The van der Waals surface area contributed by atoms with Crippen molar-refractivity contribution in [2.24, 2.45) is 0 Å². The zero-order valence-corrected chi connectivity index (χ0v) is 13.4. The molecule has 4 heteroatoms. The molecule has 1 N–H and O–H groups in total. The Hall–Kier alpha value is -0.640. The Labute approximate surface area is 124 Å². The Morgan fingerprint density at radius 1 is 0.900 bits per heavy atom. The smallest absolute Gasteiger partial charge is 0.244 e. The molecule has 0 spiro atoms. The van der Waals surface area contributed by atoms with Gasteiger partial charge in [0.05, 0.1) is 0 Å². The number of aliphatic hydroxyl groups excluding tert-OH is 1. The first-order valence-electron chi connectivity index (χ1n) is 8.38. The molecule has 0 aromatic rings. The van der Waals surface area contributed by atoms with Crippen molar-refractivity contribution in [1.29, 1.82) is 0 Å². The summed E-state index contributed by atoms with van der Waals surface area (Å²) in [4.78, 5) is 10.7. The third kappa shape index (κ3) is 7.83. The van der Waals surface area contributed by atoms with E-state index in [4.69, 9.17) is 0 Å². The maximum atomic E-state index is 11.0. The first kappa shape index (κ1) is 19.4. The van der Waals surface area contributed by atoms with Crippen LogP contribution in [0.15, 0.2) is 0 Å². The van der Waals surface area contributed by atoms with E-state index in [2.05, 4.69) is 6.92 Å². The molecule has 0 fully saturated rings. The van der Waals surface area contributed by atoms with Crippen molar-refractivity contribution in [1.82, 2.24) is 0 Å². The highest BCUT2D eigenvalue weighted by Crippen LogP contribution is 2.23. The maximum absolute atomic E-state index is 11.0. The van der Waals surface area contributed by atoms with Crippen LogP contribution in [0.4, 0.5) is 0 Å². The van der Waals surface area contributed by atoms with Crippen molar-refractivity contribution < 1.29 is 10.0 Å². The molecule has 0 saturated heterocycles. The minimum atomic E-state index is -1.10. The van der Waals surface area contributed by atoms with Crippen molar-refractivity contribution in [3.05, 3.63) is 10.1 Å². The van der Waals surface area contributed by atoms with Gasteiger partial charge in [0.1, 0.15) is 6.61 Å². The van der Waals surface area contributed by atoms with Gasteiger partial charge in [-0.3, -0.25) is 10.1 Å². The molecular weight excluding hydrogens is 254 g/mol. The van der Waals surface area contributed by atoms with E-state index in [0.29, 0.717) is 12.8 Å². The van der Waals surface area contributed by atoms with Gasteiger partial charge in [0.2, 0.25) is 5.54 Å². The summed E-state index contributed by atoms with van der Waals surface area (Å²) in [6, 6.07) is 0. The summed E-state index contributed by atoms with van der Waals surface area (Å²) in [7, 11) is 0. The standard InChI is InChI=1S/C16H33NO3/c1-3-5-6-7-8-9-10-11-12-13-14-16(4-2,15-18)17(19)20/h18H,3-15H2,1-2H3. The third-order valence-electron chi connectivity index (χ3n) is 4.34. The molecule has 1 unspecified atom stereocenters. The normalized spacial score (nSPS) is 14.2. The Bertz CT molecular complexity index is 240. The number of unbranched alkanes of at least 4 members (excludes halogenated alkanes) is 9. The molecule has 4 nitrogen and oxygen atoms in total. The third-order valence-corrected chi connectivity index (χ3v) is 4.34. The highest BCUT2D eigenvalue weighted by Gasteiger charge is 2.39. The van der Waals surface area contributed by atoms with E-state index >= 15 is 0 Å². The fourth-order valence-electron chi connectivity index (χ4n) is 2.59. The van der Waals surface area contributed by atoms with Crippen LogP contribution >= 0.6 is 0 Å². The number of rotatable bonds is 14. The first-order chi connectivity index (χ1) is 9.63. The Morgan fingerprint density at radius 3 is 1.70 bits per heavy atom. The predicted molar refractivity (Wildman–Crippen MR) is 83.6 cm³/mol. The average Bonchev–Trinajstić information content (AvgIpc) is 2.45. The molecule has 0 radical (unpaired) electrons. The molecule has 0 aromatic carbocycles. The van der Waals surface area contributed by atoms with Gasteiger partial charge < -0.3 is 5.11 Å². The van der Waals surface area contributed by atoms with Gasteiger partial charge in [-0.1, -0.05) is 71.6 Å². The number of nitrogens with zero attached hydrogens (tertiary/aromatic N) is 1. The quantitative estimate of drug-likeness (QED) is 0.286. The lowest BCUT2D eigenvalue weighted by molar-refractivity contribution is -0.575. The summed E-state index contributed by atoms with van der Waals surface area (Å²) < 4.78 is 0. The number of aliphatic hydroxyl groups is 1. The number of hydrogen-bond acceptors (Lipinski definition) is 3. The van der Waals surface area contributed by atoms with E-state index in [1.54, 1.807) is 6.92 Å². The van der Waals surface area contributed by atoms with Gasteiger partial charge >= 0.3 is 0 Å². The summed E-state index contributed by atoms with van der Waals surface area (Å²) in [5, 5.41) is 20.3. The molecule has 0 bridgehead atoms. The van der Waals surface area contributed by atoms with E-state index in [1.807, 2.05) is 0 Å². The summed E-state index contributed by atoms with van der Waals surface area (Å²) in [6.45, 7) is 3.68. The van der Waals surface area contributed by atoms with Crippen LogP contribution in [0.5, 0.6) is 0 Å². The van der Waals surface area contributed by atoms with Gasteiger partial charge in [-0.05, 0) is 6.42 Å². The number of hydrogen-bond donors (Lipinski definition) is 1. The first-order valence-corrected chi connectivity index (χ1v) is 8.38. The second-order valence-electron chi connectivity index (χ2n) is 5.93. The molecule has 0 aliphatic heterocycles. The predicted octanol–water partition coefficient (Wildman–Crippen LogP) is 4.72. The minimum absolute atomic E-state index is 0.291. The highest BCUT2D eigenvalue weighted by atomic mass is 16.6. The molecule has 0 amide bonds. The molecule has 0 aliphatic carbocycles. The van der Waals surface area contributed by atoms with Gasteiger partial charge in [-0.15, -0.1) is 0 Å². The van der Waals surface area contributed by atoms with Crippen molar-refractivity contribution in [2.45, 2.75) is 96.4 Å². The fraction of sp³-hybridized carbons (Fsp3) is 1.00. The van der Waals surface area contributed by atoms with E-state index in [1.165, 1.54) is 44.9 Å². The largest absolute Gasteiger partial charge is 0.389 e. The van der Waals surface area contributed by atoms with Crippen LogP contribution < -0.4 is 0 Å². The molecule has 1 atom stereocenters. The zero-order chi connectivity index (χ0) is 15.3. The molecule has 120 valence electrons. The Balaban J connectivity index is 3.53. The van der Waals surface area contributed by atoms with Gasteiger partial charge in [-0.25, -0.2) is 0 Å². The van der Waals surface area contributed by atoms with Gasteiger partial charge in [-0.2, -0.15) is 0 Å². The summed E-state index contributed by atoms with van der Waals surface area (Å²) >= 11 is 0. The summed E-state index contributed by atoms with van der Waals surface area (Å²) in [5.41, 5.74) is -1.10. The molecule has 0 aromatic heterocycles. The summed E-state index contributed by atoms with van der Waals surface area (Å²) in [5.74, 6) is 0. The topological polar surface area (TPSA) is 63.4 Å². The van der Waals surface area contributed by atoms with Crippen molar-refractivity contribution in [3.63, 3.8) is 0 Å². The highest BCUT2D eigenvalue weighted by molar-refractivity contribution is 4.76. The molecule has 0 aliphatic rings. The van der Waals surface area contributed by atoms with Crippen LogP contribution in [0.25, 0.3) is 0 Å². The molecule has 0 rings (SSSR count). The maximum Gasteiger partial charge on any atom is 0.244 e. The minimum Gasteiger partial charge on any atom is -0.389 e. The second-order valence-corrected chi connectivity index (χ2v) is 5.93. The average molecular weight is 287 g/mol. The van der Waals surface area contributed by atoms with Crippen LogP contribution in [-0.4, -0.2) is 22.2 Å². The van der Waals surface area contributed by atoms with Crippen molar-refractivity contribution in [3.8, 4) is 0 Å². The van der Waals surface area contributed by atoms with Crippen LogP contribution in [-0.2, 0) is 0 Å². The monoisotopic (exact) mass is 287 g/mol. The van der Waals surface area contributed by atoms with E-state index in [0.717, 1.165) is 19.3 Å². The summed E-state index contributed by atoms with van der Waals surface area (Å²) in [6.07, 6.45) is 13.2. The molecule has 0 heterocycles. The molecule has 20 heavy (non-hydrogen) atoms. The van der Waals surface area contributed by atoms with Crippen LogP contribution in [0, 0.1) is 10.1 Å². The lowest BCUT2D eigenvalue weighted by Crippen LogP contribution is -2.41. The number of nitro groups is 1. The molecule has 0 saturated carbocycles. The lowest BCUT2D eigenvalue weighted by Gasteiger charge is -2.21. The van der Waals surface area contributed by atoms with Crippen LogP contribution in [0.1, 0.15) is 90.9 Å². The van der Waals surface area contributed by atoms with Gasteiger partial charge in [0.25, 0.3) is 0 Å².